The Balaban J connectivity index is 4.56. The van der Waals surface area contributed by atoms with E-state index in [1.54, 1.807) is 13.8 Å². The monoisotopic (exact) mass is 192 g/mol. The second kappa shape index (κ2) is 4.74. The SMILES string of the molecule is C=C/C=C(\C=C(C)C)OC(F)(F)F. The highest BCUT2D eigenvalue weighted by Crippen LogP contribution is 2.21. The van der Waals surface area contributed by atoms with Crippen LogP contribution in [0.25, 0.3) is 0 Å². The molecule has 74 valence electrons. The summed E-state index contributed by atoms with van der Waals surface area (Å²) in [6.45, 7) is 6.64. The topological polar surface area (TPSA) is 9.23 Å². The van der Waals surface area contributed by atoms with Crippen LogP contribution in [0.4, 0.5) is 13.2 Å². The summed E-state index contributed by atoms with van der Waals surface area (Å²) >= 11 is 0. The zero-order valence-electron chi connectivity index (χ0n) is 7.48. The number of ether oxygens (including phenoxy) is 1. The van der Waals surface area contributed by atoms with Crippen LogP contribution in [0.2, 0.25) is 0 Å². The quantitative estimate of drug-likeness (QED) is 0.490. The van der Waals surface area contributed by atoms with Crippen LogP contribution in [0.15, 0.2) is 36.1 Å². The fourth-order valence-electron chi connectivity index (χ4n) is 0.646. The van der Waals surface area contributed by atoms with E-state index in [0.29, 0.717) is 0 Å². The number of hydrogen-bond acceptors (Lipinski definition) is 1. The van der Waals surface area contributed by atoms with Gasteiger partial charge < -0.3 is 4.74 Å². The number of allylic oxidation sites excluding steroid dienone is 4. The first kappa shape index (κ1) is 11.8. The van der Waals surface area contributed by atoms with Crippen molar-refractivity contribution >= 4 is 0 Å². The molecule has 0 aliphatic rings. The van der Waals surface area contributed by atoms with Crippen LogP contribution in [0.1, 0.15) is 13.8 Å². The van der Waals surface area contributed by atoms with E-state index >= 15 is 0 Å². The zero-order chi connectivity index (χ0) is 10.5. The van der Waals surface area contributed by atoms with Crippen molar-refractivity contribution in [3.8, 4) is 0 Å². The van der Waals surface area contributed by atoms with Gasteiger partial charge in [0.25, 0.3) is 0 Å². The lowest BCUT2D eigenvalue weighted by Crippen LogP contribution is -2.12. The maximum Gasteiger partial charge on any atom is 0.573 e. The van der Waals surface area contributed by atoms with E-state index in [1.807, 2.05) is 0 Å². The third kappa shape index (κ3) is 7.18. The van der Waals surface area contributed by atoms with Gasteiger partial charge in [-0.15, -0.1) is 13.2 Å². The Labute approximate surface area is 75.2 Å². The van der Waals surface area contributed by atoms with Crippen LogP contribution >= 0.6 is 0 Å². The summed E-state index contributed by atoms with van der Waals surface area (Å²) in [6.07, 6.45) is -0.975. The fraction of sp³-hybridized carbons (Fsp3) is 0.333. The molecule has 4 heteroatoms. The molecule has 0 aliphatic carbocycles. The molecule has 0 N–H and O–H groups in total. The van der Waals surface area contributed by atoms with Gasteiger partial charge in [-0.3, -0.25) is 0 Å². The van der Waals surface area contributed by atoms with Crippen LogP contribution in [0.3, 0.4) is 0 Å². The van der Waals surface area contributed by atoms with Gasteiger partial charge >= 0.3 is 6.36 Å². The number of hydrogen-bond donors (Lipinski definition) is 0. The van der Waals surface area contributed by atoms with E-state index in [9.17, 15) is 13.2 Å². The van der Waals surface area contributed by atoms with Crippen LogP contribution in [0, 0.1) is 0 Å². The van der Waals surface area contributed by atoms with Gasteiger partial charge in [-0.05, 0) is 26.0 Å². The molecule has 0 saturated heterocycles. The highest BCUT2D eigenvalue weighted by molar-refractivity contribution is 5.20. The summed E-state index contributed by atoms with van der Waals surface area (Å²) < 4.78 is 39.0. The molecule has 0 atom stereocenters. The molecule has 0 aromatic heterocycles. The maximum atomic E-state index is 11.8. The lowest BCUT2D eigenvalue weighted by Gasteiger charge is -2.09. The van der Waals surface area contributed by atoms with E-state index in [0.717, 1.165) is 11.6 Å². The molecule has 13 heavy (non-hydrogen) atoms. The van der Waals surface area contributed by atoms with E-state index in [-0.39, 0.29) is 5.76 Å². The standard InChI is InChI=1S/C9H11F3O/c1-4-5-8(6-7(2)3)13-9(10,11)12/h4-6H,1H2,2-3H3/b8-5+. The molecule has 1 nitrogen and oxygen atoms in total. The third-order valence-electron chi connectivity index (χ3n) is 0.947. The van der Waals surface area contributed by atoms with E-state index in [1.165, 1.54) is 12.2 Å². The fourth-order valence-corrected chi connectivity index (χ4v) is 0.646. The molecule has 0 radical (unpaired) electrons. The smallest absolute Gasteiger partial charge is 0.406 e. The molecular weight excluding hydrogens is 181 g/mol. The molecular formula is C9H11F3O. The van der Waals surface area contributed by atoms with Crippen molar-refractivity contribution in [1.29, 1.82) is 0 Å². The Hall–Kier alpha value is -1.19. The minimum Gasteiger partial charge on any atom is -0.406 e. The second-order valence-corrected chi connectivity index (χ2v) is 2.57. The Morgan fingerprint density at radius 1 is 1.31 bits per heavy atom. The van der Waals surface area contributed by atoms with Crippen molar-refractivity contribution in [2.45, 2.75) is 20.2 Å². The van der Waals surface area contributed by atoms with Crippen LogP contribution in [-0.2, 0) is 4.74 Å². The summed E-state index contributed by atoms with van der Waals surface area (Å²) in [6, 6.07) is 0. The summed E-state index contributed by atoms with van der Waals surface area (Å²) in [4.78, 5) is 0. The Morgan fingerprint density at radius 2 is 1.85 bits per heavy atom. The third-order valence-corrected chi connectivity index (χ3v) is 0.947. The normalized spacial score (nSPS) is 12.2. The Morgan fingerprint density at radius 3 is 2.15 bits per heavy atom. The van der Waals surface area contributed by atoms with Gasteiger partial charge in [-0.2, -0.15) is 0 Å². The molecule has 0 bridgehead atoms. The summed E-state index contributed by atoms with van der Waals surface area (Å²) in [7, 11) is 0. The first-order valence-corrected chi connectivity index (χ1v) is 3.58. The van der Waals surface area contributed by atoms with Crippen molar-refractivity contribution < 1.29 is 17.9 Å². The Kier molecular flexibility index (Phi) is 4.31. The predicted octanol–water partition coefficient (Wildman–Crippen LogP) is 3.56. The number of rotatable bonds is 3. The van der Waals surface area contributed by atoms with Crippen LogP contribution in [-0.4, -0.2) is 6.36 Å². The van der Waals surface area contributed by atoms with Gasteiger partial charge in [-0.1, -0.05) is 18.2 Å². The minimum atomic E-state index is -4.65. The highest BCUT2D eigenvalue weighted by atomic mass is 19.4. The van der Waals surface area contributed by atoms with Crippen LogP contribution < -0.4 is 0 Å². The van der Waals surface area contributed by atoms with Gasteiger partial charge in [0.15, 0.2) is 0 Å². The molecule has 0 heterocycles. The van der Waals surface area contributed by atoms with Crippen molar-refractivity contribution in [3.05, 3.63) is 36.1 Å². The van der Waals surface area contributed by atoms with Gasteiger partial charge in [-0.25, -0.2) is 0 Å². The molecule has 0 aliphatic heterocycles. The lowest BCUT2D eigenvalue weighted by atomic mass is 10.3. The average molecular weight is 192 g/mol. The average Bonchev–Trinajstić information content (AvgIpc) is 1.81. The first-order chi connectivity index (χ1) is 5.85. The van der Waals surface area contributed by atoms with E-state index in [2.05, 4.69) is 11.3 Å². The van der Waals surface area contributed by atoms with E-state index < -0.39 is 6.36 Å². The Bertz CT molecular complexity index is 232. The van der Waals surface area contributed by atoms with Gasteiger partial charge in [0, 0.05) is 0 Å². The van der Waals surface area contributed by atoms with Crippen molar-refractivity contribution in [2.75, 3.05) is 0 Å². The number of alkyl halides is 3. The molecule has 0 spiro atoms. The minimum absolute atomic E-state index is 0.262. The van der Waals surface area contributed by atoms with Gasteiger partial charge in [0.2, 0.25) is 0 Å². The van der Waals surface area contributed by atoms with E-state index in [4.69, 9.17) is 0 Å². The summed E-state index contributed by atoms with van der Waals surface area (Å²) in [5.41, 5.74) is 0.720. The van der Waals surface area contributed by atoms with Crippen molar-refractivity contribution in [3.63, 3.8) is 0 Å². The van der Waals surface area contributed by atoms with Crippen LogP contribution in [0.5, 0.6) is 0 Å². The molecule has 0 aromatic carbocycles. The molecule has 0 rings (SSSR count). The predicted molar refractivity (Wildman–Crippen MR) is 44.9 cm³/mol. The lowest BCUT2D eigenvalue weighted by molar-refractivity contribution is -0.303. The van der Waals surface area contributed by atoms with Gasteiger partial charge in [0.05, 0.1) is 0 Å². The molecule has 0 fully saturated rings. The second-order valence-electron chi connectivity index (χ2n) is 2.57. The zero-order valence-corrected chi connectivity index (χ0v) is 7.48. The largest absolute Gasteiger partial charge is 0.573 e. The maximum absolute atomic E-state index is 11.8. The summed E-state index contributed by atoms with van der Waals surface area (Å²) in [5, 5.41) is 0. The molecule has 0 unspecified atom stereocenters. The van der Waals surface area contributed by atoms with Gasteiger partial charge in [0.1, 0.15) is 5.76 Å². The molecule has 0 amide bonds. The van der Waals surface area contributed by atoms with Crippen molar-refractivity contribution in [2.24, 2.45) is 0 Å². The molecule has 0 aromatic rings. The summed E-state index contributed by atoms with van der Waals surface area (Å²) in [5.74, 6) is -0.262. The highest BCUT2D eigenvalue weighted by Gasteiger charge is 2.31. The van der Waals surface area contributed by atoms with Crippen molar-refractivity contribution in [1.82, 2.24) is 0 Å². The number of halogens is 3. The first-order valence-electron chi connectivity index (χ1n) is 3.58. The molecule has 0 saturated carbocycles.